The van der Waals surface area contributed by atoms with E-state index in [9.17, 15) is 0 Å². The predicted octanol–water partition coefficient (Wildman–Crippen LogP) is 4.20. The number of hydrogen-bond acceptors (Lipinski definition) is 4. The van der Waals surface area contributed by atoms with Crippen LogP contribution in [0.15, 0.2) is 10.2 Å². The van der Waals surface area contributed by atoms with Crippen molar-refractivity contribution in [3.05, 3.63) is 0 Å². The molecule has 1 aliphatic carbocycles. The van der Waals surface area contributed by atoms with Crippen molar-refractivity contribution in [1.82, 2.24) is 5.32 Å². The minimum Gasteiger partial charge on any atom is -0.468 e. The summed E-state index contributed by atoms with van der Waals surface area (Å²) in [6.07, 6.45) is 5.58. The number of hydrogen-bond donors (Lipinski definition) is 1. The highest BCUT2D eigenvalue weighted by Crippen LogP contribution is 2.31. The zero-order valence-corrected chi connectivity index (χ0v) is 13.6. The molecule has 19 heavy (non-hydrogen) atoms. The molecule has 0 aliphatic heterocycles. The summed E-state index contributed by atoms with van der Waals surface area (Å²) < 4.78 is 5.53. The highest BCUT2D eigenvalue weighted by molar-refractivity contribution is 7.80. The predicted molar refractivity (Wildman–Crippen MR) is 82.4 cm³/mol. The van der Waals surface area contributed by atoms with Gasteiger partial charge in [0.2, 0.25) is 0 Å². The molecule has 0 amide bonds. The molecule has 0 saturated heterocycles. The molecule has 0 aromatic heterocycles. The molecular formula is C14H27N3OS. The Bertz CT molecular complexity index is 328. The number of azo groups is 1. The molecule has 0 aromatic carbocycles. The van der Waals surface area contributed by atoms with Crippen LogP contribution in [0.2, 0.25) is 0 Å². The summed E-state index contributed by atoms with van der Waals surface area (Å²) in [5, 5.41) is 12.7. The second-order valence-electron chi connectivity index (χ2n) is 6.54. The smallest absolute Gasteiger partial charge is 0.258 e. The van der Waals surface area contributed by atoms with Crippen LogP contribution in [-0.2, 0) is 4.74 Å². The summed E-state index contributed by atoms with van der Waals surface area (Å²) in [5.74, 6) is 0. The monoisotopic (exact) mass is 285 g/mol. The molecule has 1 saturated carbocycles. The summed E-state index contributed by atoms with van der Waals surface area (Å²) in [4.78, 5) is 0. The van der Waals surface area contributed by atoms with Crippen LogP contribution in [0.3, 0.4) is 0 Å². The van der Waals surface area contributed by atoms with E-state index in [2.05, 4.69) is 36.3 Å². The summed E-state index contributed by atoms with van der Waals surface area (Å²) in [6, 6.07) is 0. The van der Waals surface area contributed by atoms with Crippen LogP contribution in [0.1, 0.15) is 66.7 Å². The third-order valence-corrected chi connectivity index (χ3v) is 3.10. The molecule has 0 unspecified atom stereocenters. The molecule has 110 valence electrons. The Morgan fingerprint density at radius 3 is 2.26 bits per heavy atom. The molecule has 1 N–H and O–H groups in total. The number of rotatable bonds is 3. The Kier molecular flexibility index (Phi) is 5.71. The second-order valence-corrected chi connectivity index (χ2v) is 6.91. The maximum Gasteiger partial charge on any atom is 0.258 e. The van der Waals surface area contributed by atoms with Crippen LogP contribution in [0.25, 0.3) is 0 Å². The van der Waals surface area contributed by atoms with Gasteiger partial charge in [-0.1, -0.05) is 6.42 Å². The van der Waals surface area contributed by atoms with Gasteiger partial charge in [0, 0.05) is 0 Å². The van der Waals surface area contributed by atoms with Crippen molar-refractivity contribution >= 4 is 17.4 Å². The van der Waals surface area contributed by atoms with Gasteiger partial charge in [0.05, 0.1) is 11.6 Å². The first-order valence-electron chi connectivity index (χ1n) is 7.15. The van der Waals surface area contributed by atoms with Crippen molar-refractivity contribution in [2.75, 3.05) is 0 Å². The fourth-order valence-electron chi connectivity index (χ4n) is 2.07. The van der Waals surface area contributed by atoms with Gasteiger partial charge in [-0.15, -0.1) is 0 Å². The van der Waals surface area contributed by atoms with E-state index >= 15 is 0 Å². The van der Waals surface area contributed by atoms with Gasteiger partial charge in [0.25, 0.3) is 5.17 Å². The molecule has 0 bridgehead atoms. The Morgan fingerprint density at radius 1 is 1.21 bits per heavy atom. The van der Waals surface area contributed by atoms with Gasteiger partial charge in [-0.05, 0) is 72.5 Å². The standard InChI is InChI=1S/C14H27N3OS/c1-11(2)18-12(19)15-14(9-7-6-8-10-14)17-16-13(3,4)5/h11H,6-10H2,1-5H3,(H,15,19)/b17-16+. The normalized spacial score (nSPS) is 19.7. The fraction of sp³-hybridized carbons (Fsp3) is 0.929. The molecule has 1 rings (SSSR count). The van der Waals surface area contributed by atoms with Crippen LogP contribution in [0.5, 0.6) is 0 Å². The van der Waals surface area contributed by atoms with Crippen LogP contribution in [0.4, 0.5) is 0 Å². The summed E-state index contributed by atoms with van der Waals surface area (Å²) in [7, 11) is 0. The lowest BCUT2D eigenvalue weighted by atomic mass is 9.90. The van der Waals surface area contributed by atoms with Crippen LogP contribution in [-0.4, -0.2) is 22.5 Å². The molecule has 1 aliphatic rings. The first-order valence-corrected chi connectivity index (χ1v) is 7.56. The van der Waals surface area contributed by atoms with Crippen LogP contribution >= 0.6 is 12.2 Å². The van der Waals surface area contributed by atoms with Crippen molar-refractivity contribution in [1.29, 1.82) is 0 Å². The lowest BCUT2D eigenvalue weighted by Crippen LogP contribution is -2.48. The van der Waals surface area contributed by atoms with Crippen LogP contribution < -0.4 is 5.32 Å². The summed E-state index contributed by atoms with van der Waals surface area (Å²) in [6.45, 7) is 10.1. The summed E-state index contributed by atoms with van der Waals surface area (Å²) in [5.41, 5.74) is -0.524. The zero-order valence-electron chi connectivity index (χ0n) is 12.8. The van der Waals surface area contributed by atoms with E-state index < -0.39 is 0 Å². The topological polar surface area (TPSA) is 46.0 Å². The van der Waals surface area contributed by atoms with Gasteiger partial charge in [0.15, 0.2) is 5.66 Å². The third-order valence-electron chi connectivity index (χ3n) is 2.90. The average molecular weight is 285 g/mol. The van der Waals surface area contributed by atoms with Crippen LogP contribution in [0, 0.1) is 0 Å². The van der Waals surface area contributed by atoms with Crippen molar-refractivity contribution in [2.24, 2.45) is 10.2 Å². The Balaban J connectivity index is 2.75. The molecule has 0 aromatic rings. The number of thiocarbonyl (C=S) groups is 1. The molecule has 1 fully saturated rings. The number of nitrogens with zero attached hydrogens (tertiary/aromatic N) is 2. The van der Waals surface area contributed by atoms with Crippen molar-refractivity contribution < 1.29 is 4.74 Å². The first kappa shape index (κ1) is 16.3. The Hall–Kier alpha value is -0.710. The van der Waals surface area contributed by atoms with E-state index in [1.54, 1.807) is 0 Å². The highest BCUT2D eigenvalue weighted by atomic mass is 32.1. The van der Waals surface area contributed by atoms with E-state index in [-0.39, 0.29) is 17.3 Å². The minimum atomic E-state index is -0.364. The molecule has 0 heterocycles. The van der Waals surface area contributed by atoms with E-state index in [0.717, 1.165) is 25.7 Å². The number of ether oxygens (including phenoxy) is 1. The fourth-order valence-corrected chi connectivity index (χ4v) is 2.45. The maximum absolute atomic E-state index is 5.53. The molecule has 5 heteroatoms. The molecular weight excluding hydrogens is 258 g/mol. The summed E-state index contributed by atoms with van der Waals surface area (Å²) >= 11 is 5.26. The average Bonchev–Trinajstić information content (AvgIpc) is 2.25. The van der Waals surface area contributed by atoms with Gasteiger partial charge in [-0.25, -0.2) is 0 Å². The van der Waals surface area contributed by atoms with Crippen molar-refractivity contribution in [3.8, 4) is 0 Å². The maximum atomic E-state index is 5.53. The van der Waals surface area contributed by atoms with Gasteiger partial charge in [-0.3, -0.25) is 0 Å². The van der Waals surface area contributed by atoms with Gasteiger partial charge in [0.1, 0.15) is 0 Å². The zero-order chi connectivity index (χ0) is 14.5. The second kappa shape index (κ2) is 6.64. The lowest BCUT2D eigenvalue weighted by molar-refractivity contribution is 0.190. The largest absolute Gasteiger partial charge is 0.468 e. The number of nitrogens with one attached hydrogen (secondary N) is 1. The minimum absolute atomic E-state index is 0.0835. The third kappa shape index (κ3) is 6.32. The lowest BCUT2D eigenvalue weighted by Gasteiger charge is -2.34. The van der Waals surface area contributed by atoms with E-state index in [1.807, 2.05) is 13.8 Å². The molecule has 0 atom stereocenters. The van der Waals surface area contributed by atoms with E-state index in [4.69, 9.17) is 17.0 Å². The highest BCUT2D eigenvalue weighted by Gasteiger charge is 2.34. The van der Waals surface area contributed by atoms with E-state index in [1.165, 1.54) is 6.42 Å². The van der Waals surface area contributed by atoms with Gasteiger partial charge in [-0.2, -0.15) is 10.2 Å². The molecule has 0 spiro atoms. The SMILES string of the molecule is CC(C)OC(=S)NC1(/N=N/C(C)(C)C)CCCCC1. The molecule has 4 nitrogen and oxygen atoms in total. The van der Waals surface area contributed by atoms with E-state index in [0.29, 0.717) is 5.17 Å². The van der Waals surface area contributed by atoms with Gasteiger partial charge < -0.3 is 10.1 Å². The van der Waals surface area contributed by atoms with Crippen molar-refractivity contribution in [2.45, 2.75) is 84.0 Å². The quantitative estimate of drug-likeness (QED) is 0.624. The first-order chi connectivity index (χ1) is 8.72. The Labute approximate surface area is 122 Å². The van der Waals surface area contributed by atoms with Gasteiger partial charge >= 0.3 is 0 Å². The van der Waals surface area contributed by atoms with Crippen molar-refractivity contribution in [3.63, 3.8) is 0 Å². The Morgan fingerprint density at radius 2 is 1.79 bits per heavy atom. The molecule has 0 radical (unpaired) electrons.